The summed E-state index contributed by atoms with van der Waals surface area (Å²) in [7, 11) is 5.61. The van der Waals surface area contributed by atoms with Crippen LogP contribution in [0.1, 0.15) is 6.92 Å². The summed E-state index contributed by atoms with van der Waals surface area (Å²) in [6.45, 7) is 1.84. The van der Waals surface area contributed by atoms with Gasteiger partial charge in [0, 0.05) is 26.8 Å². The Bertz CT molecular complexity index is 152. The van der Waals surface area contributed by atoms with E-state index < -0.39 is 0 Å². The van der Waals surface area contributed by atoms with Gasteiger partial charge in [0.25, 0.3) is 0 Å². The Balaban J connectivity index is 4.26. The summed E-state index contributed by atoms with van der Waals surface area (Å²) in [6.07, 6.45) is 1.83. The average Bonchev–Trinajstić information content (AvgIpc) is 1.81. The second-order valence-electron chi connectivity index (χ2n) is 2.36. The molecule has 0 aliphatic carbocycles. The lowest BCUT2D eigenvalue weighted by molar-refractivity contribution is 0.624. The van der Waals surface area contributed by atoms with Crippen LogP contribution < -0.4 is 5.73 Å². The van der Waals surface area contributed by atoms with E-state index in [0.717, 1.165) is 11.5 Å². The maximum atomic E-state index is 5.46. The molecule has 0 heterocycles. The van der Waals surface area contributed by atoms with E-state index in [0.29, 0.717) is 0 Å². The molecule has 0 aliphatic heterocycles. The number of aliphatic imine (C=N–C) groups is 1. The molecule has 0 aromatic carbocycles. The van der Waals surface area contributed by atoms with E-state index in [1.165, 1.54) is 0 Å². The van der Waals surface area contributed by atoms with Crippen LogP contribution in [-0.4, -0.2) is 31.9 Å². The quantitative estimate of drug-likeness (QED) is 0.425. The molecular weight excluding hydrogens is 126 g/mol. The summed E-state index contributed by atoms with van der Waals surface area (Å²) in [6, 6.07) is 0. The lowest BCUT2D eigenvalue weighted by Gasteiger charge is -2.11. The first kappa shape index (κ1) is 9.01. The molecule has 3 nitrogen and oxygen atoms in total. The fourth-order valence-electron chi connectivity index (χ4n) is 0.597. The zero-order chi connectivity index (χ0) is 8.15. The van der Waals surface area contributed by atoms with Gasteiger partial charge in [-0.15, -0.1) is 0 Å². The summed E-state index contributed by atoms with van der Waals surface area (Å²) in [5, 5.41) is 0. The zero-order valence-electron chi connectivity index (χ0n) is 7.05. The predicted molar refractivity (Wildman–Crippen MR) is 45.0 cm³/mol. The number of hydrogen-bond acceptors (Lipinski definition) is 2. The highest BCUT2D eigenvalue weighted by atomic mass is 15.1. The van der Waals surface area contributed by atoms with Crippen LogP contribution in [0.2, 0.25) is 0 Å². The van der Waals surface area contributed by atoms with Crippen molar-refractivity contribution in [2.75, 3.05) is 21.1 Å². The first-order chi connectivity index (χ1) is 4.57. The third kappa shape index (κ3) is 3.12. The number of allylic oxidation sites excluding steroid dienone is 1. The standard InChI is InChI=1S/C7H15N3/c1-6(8)5-7(9-2)10(3)4/h5H,8H2,1-4H3/b6-5-,9-7?. The van der Waals surface area contributed by atoms with Crippen molar-refractivity contribution in [2.24, 2.45) is 10.7 Å². The Labute approximate surface area is 62.2 Å². The van der Waals surface area contributed by atoms with E-state index in [1.54, 1.807) is 7.05 Å². The van der Waals surface area contributed by atoms with Gasteiger partial charge in [-0.1, -0.05) is 0 Å². The lowest BCUT2D eigenvalue weighted by atomic mass is 10.4. The van der Waals surface area contributed by atoms with Gasteiger partial charge in [0.1, 0.15) is 5.84 Å². The van der Waals surface area contributed by atoms with Gasteiger partial charge in [-0.2, -0.15) is 0 Å². The molecule has 3 heteroatoms. The summed E-state index contributed by atoms with van der Waals surface area (Å²) < 4.78 is 0. The van der Waals surface area contributed by atoms with E-state index in [2.05, 4.69) is 4.99 Å². The summed E-state index contributed by atoms with van der Waals surface area (Å²) >= 11 is 0. The fraction of sp³-hybridized carbons (Fsp3) is 0.571. The molecule has 0 aromatic heterocycles. The van der Waals surface area contributed by atoms with Crippen LogP contribution in [0, 0.1) is 0 Å². The van der Waals surface area contributed by atoms with Crippen LogP contribution in [0.25, 0.3) is 0 Å². The second-order valence-corrected chi connectivity index (χ2v) is 2.36. The van der Waals surface area contributed by atoms with Gasteiger partial charge in [-0.05, 0) is 13.0 Å². The predicted octanol–water partition coefficient (Wildman–Crippen LogP) is 0.439. The molecule has 0 saturated heterocycles. The van der Waals surface area contributed by atoms with E-state index in [-0.39, 0.29) is 0 Å². The van der Waals surface area contributed by atoms with Crippen LogP contribution in [0.4, 0.5) is 0 Å². The van der Waals surface area contributed by atoms with Crippen LogP contribution >= 0.6 is 0 Å². The van der Waals surface area contributed by atoms with Gasteiger partial charge in [0.15, 0.2) is 0 Å². The van der Waals surface area contributed by atoms with Crippen LogP contribution in [0.3, 0.4) is 0 Å². The van der Waals surface area contributed by atoms with Crippen molar-refractivity contribution in [3.8, 4) is 0 Å². The minimum atomic E-state index is 0.773. The summed E-state index contributed by atoms with van der Waals surface area (Å²) in [5.41, 5.74) is 6.23. The monoisotopic (exact) mass is 141 g/mol. The fourth-order valence-corrected chi connectivity index (χ4v) is 0.597. The minimum absolute atomic E-state index is 0.773. The number of hydrogen-bond donors (Lipinski definition) is 1. The van der Waals surface area contributed by atoms with Crippen LogP contribution in [0.15, 0.2) is 16.8 Å². The highest BCUT2D eigenvalue weighted by molar-refractivity contribution is 5.92. The van der Waals surface area contributed by atoms with Crippen LogP contribution in [0.5, 0.6) is 0 Å². The van der Waals surface area contributed by atoms with E-state index >= 15 is 0 Å². The van der Waals surface area contributed by atoms with Gasteiger partial charge in [0.05, 0.1) is 0 Å². The molecule has 0 aromatic rings. The Kier molecular flexibility index (Phi) is 3.54. The largest absolute Gasteiger partial charge is 0.402 e. The molecular formula is C7H15N3. The lowest BCUT2D eigenvalue weighted by Crippen LogP contribution is -2.20. The summed E-state index contributed by atoms with van der Waals surface area (Å²) in [5.74, 6) is 0.889. The Morgan fingerprint density at radius 1 is 1.50 bits per heavy atom. The average molecular weight is 141 g/mol. The van der Waals surface area contributed by atoms with E-state index in [4.69, 9.17) is 5.73 Å². The van der Waals surface area contributed by atoms with Gasteiger partial charge in [-0.3, -0.25) is 4.99 Å². The number of amidine groups is 1. The van der Waals surface area contributed by atoms with Crippen molar-refractivity contribution in [1.82, 2.24) is 4.90 Å². The van der Waals surface area contributed by atoms with Gasteiger partial charge in [-0.25, -0.2) is 0 Å². The smallest absolute Gasteiger partial charge is 0.124 e. The van der Waals surface area contributed by atoms with Crippen molar-refractivity contribution >= 4 is 5.84 Å². The third-order valence-corrected chi connectivity index (χ3v) is 1.04. The maximum absolute atomic E-state index is 5.46. The normalized spacial score (nSPS) is 13.6. The van der Waals surface area contributed by atoms with Crippen molar-refractivity contribution in [3.05, 3.63) is 11.8 Å². The molecule has 58 valence electrons. The number of rotatable bonds is 1. The summed E-state index contributed by atoms with van der Waals surface area (Å²) in [4.78, 5) is 5.93. The first-order valence-electron chi connectivity index (χ1n) is 3.15. The molecule has 0 atom stereocenters. The molecule has 0 radical (unpaired) electrons. The SMILES string of the molecule is CN=C(/C=C(/C)N)N(C)C. The Hall–Kier alpha value is -0.990. The molecule has 0 bridgehead atoms. The zero-order valence-corrected chi connectivity index (χ0v) is 7.05. The second kappa shape index (κ2) is 3.93. The topological polar surface area (TPSA) is 41.6 Å². The van der Waals surface area contributed by atoms with Gasteiger partial charge < -0.3 is 10.6 Å². The van der Waals surface area contributed by atoms with Crippen molar-refractivity contribution in [3.63, 3.8) is 0 Å². The molecule has 0 rings (SSSR count). The number of nitrogens with two attached hydrogens (primary N) is 1. The van der Waals surface area contributed by atoms with Crippen molar-refractivity contribution < 1.29 is 0 Å². The molecule has 0 saturated carbocycles. The van der Waals surface area contributed by atoms with E-state index in [9.17, 15) is 0 Å². The number of nitrogens with zero attached hydrogens (tertiary/aromatic N) is 2. The van der Waals surface area contributed by atoms with Gasteiger partial charge >= 0.3 is 0 Å². The first-order valence-corrected chi connectivity index (χ1v) is 3.15. The molecule has 10 heavy (non-hydrogen) atoms. The van der Waals surface area contributed by atoms with Crippen LogP contribution in [-0.2, 0) is 0 Å². The number of likely N-dealkylation sites (N-methyl/N-ethyl adjacent to an activating group) is 1. The highest BCUT2D eigenvalue weighted by Gasteiger charge is 1.93. The molecule has 0 spiro atoms. The molecule has 0 unspecified atom stereocenters. The Morgan fingerprint density at radius 3 is 2.10 bits per heavy atom. The maximum Gasteiger partial charge on any atom is 0.124 e. The molecule has 0 amide bonds. The Morgan fingerprint density at radius 2 is 2.00 bits per heavy atom. The molecule has 0 aliphatic rings. The molecule has 0 fully saturated rings. The van der Waals surface area contributed by atoms with Gasteiger partial charge in [0.2, 0.25) is 0 Å². The van der Waals surface area contributed by atoms with Crippen molar-refractivity contribution in [1.29, 1.82) is 0 Å². The highest BCUT2D eigenvalue weighted by Crippen LogP contribution is 1.88. The van der Waals surface area contributed by atoms with Crippen molar-refractivity contribution in [2.45, 2.75) is 6.92 Å². The minimum Gasteiger partial charge on any atom is -0.402 e. The van der Waals surface area contributed by atoms with E-state index in [1.807, 2.05) is 32.0 Å². The third-order valence-electron chi connectivity index (χ3n) is 1.04. The molecule has 2 N–H and O–H groups in total.